The van der Waals surface area contributed by atoms with Crippen molar-refractivity contribution in [1.82, 2.24) is 24.3 Å². The number of para-hydroxylation sites is 1. The van der Waals surface area contributed by atoms with Crippen LogP contribution in [0.15, 0.2) is 52.4 Å². The minimum absolute atomic E-state index is 0.234. The molecule has 0 radical (unpaired) electrons. The van der Waals surface area contributed by atoms with Gasteiger partial charge in [-0.1, -0.05) is 53.2 Å². The smallest absolute Gasteiger partial charge is 0.266 e. The van der Waals surface area contributed by atoms with E-state index in [-0.39, 0.29) is 5.56 Å². The van der Waals surface area contributed by atoms with Gasteiger partial charge in [0, 0.05) is 11.6 Å². The van der Waals surface area contributed by atoms with Crippen molar-refractivity contribution in [2.24, 2.45) is 0 Å². The van der Waals surface area contributed by atoms with Crippen molar-refractivity contribution in [1.29, 1.82) is 0 Å². The van der Waals surface area contributed by atoms with Gasteiger partial charge in [0.1, 0.15) is 5.82 Å². The zero-order valence-corrected chi connectivity index (χ0v) is 18.4. The van der Waals surface area contributed by atoms with Crippen LogP contribution in [0.1, 0.15) is 12.7 Å². The summed E-state index contributed by atoms with van der Waals surface area (Å²) in [5, 5.41) is 8.69. The number of rotatable bonds is 5. The highest BCUT2D eigenvalue weighted by atomic mass is 35.5. The summed E-state index contributed by atoms with van der Waals surface area (Å²) in [4.78, 5) is 18.0. The fourth-order valence-corrected chi connectivity index (χ4v) is 4.78. The van der Waals surface area contributed by atoms with Gasteiger partial charge in [0.05, 0.1) is 27.4 Å². The minimum atomic E-state index is -0.234. The molecular weight excluding hydrogens is 449 g/mol. The lowest BCUT2D eigenvalue weighted by atomic mass is 10.2. The zero-order valence-electron chi connectivity index (χ0n) is 15.2. The van der Waals surface area contributed by atoms with Gasteiger partial charge < -0.3 is 4.57 Å². The van der Waals surface area contributed by atoms with E-state index in [1.807, 2.05) is 41.8 Å². The van der Waals surface area contributed by atoms with Gasteiger partial charge in [0.15, 0.2) is 9.93 Å². The molecule has 0 aliphatic carbocycles. The van der Waals surface area contributed by atoms with E-state index in [4.69, 9.17) is 40.4 Å². The summed E-state index contributed by atoms with van der Waals surface area (Å²) >= 11 is 19.1. The lowest BCUT2D eigenvalue weighted by molar-refractivity contribution is 0.715. The third kappa shape index (κ3) is 3.85. The van der Waals surface area contributed by atoms with E-state index < -0.39 is 0 Å². The first-order valence-corrected chi connectivity index (χ1v) is 10.9. The van der Waals surface area contributed by atoms with E-state index >= 15 is 0 Å². The molecule has 0 aliphatic rings. The fraction of sp³-hybridized carbons (Fsp3) is 0.158. The average molecular weight is 464 g/mol. The van der Waals surface area contributed by atoms with Gasteiger partial charge in [-0.25, -0.2) is 4.98 Å². The number of hydrogen-bond donors (Lipinski definition) is 1. The predicted molar refractivity (Wildman–Crippen MR) is 120 cm³/mol. The second-order valence-electron chi connectivity index (χ2n) is 6.13. The van der Waals surface area contributed by atoms with E-state index in [0.29, 0.717) is 48.9 Å². The van der Waals surface area contributed by atoms with Crippen molar-refractivity contribution in [2.45, 2.75) is 24.4 Å². The topological polar surface area (TPSA) is 68.5 Å². The van der Waals surface area contributed by atoms with Crippen LogP contribution in [-0.2, 0) is 12.3 Å². The first-order valence-electron chi connectivity index (χ1n) is 8.73. The van der Waals surface area contributed by atoms with Gasteiger partial charge in [-0.15, -0.1) is 0 Å². The molecule has 148 valence electrons. The first kappa shape index (κ1) is 20.2. The van der Waals surface area contributed by atoms with Gasteiger partial charge in [0.25, 0.3) is 5.56 Å². The number of halogens is 2. The predicted octanol–water partition coefficient (Wildman–Crippen LogP) is 5.26. The lowest BCUT2D eigenvalue weighted by Crippen LogP contribution is -2.22. The van der Waals surface area contributed by atoms with Crippen LogP contribution in [0.2, 0.25) is 10.0 Å². The number of aromatic nitrogens is 5. The number of thioether (sulfide) groups is 1. The number of H-pyrrole nitrogens is 1. The molecule has 0 atom stereocenters. The van der Waals surface area contributed by atoms with Crippen LogP contribution >= 0.6 is 47.2 Å². The Morgan fingerprint density at radius 1 is 1.21 bits per heavy atom. The van der Waals surface area contributed by atoms with Gasteiger partial charge in [-0.05, 0) is 43.4 Å². The molecular formula is C19H15Cl2N5OS2. The number of fused-ring (bicyclic) bond motifs is 1. The monoisotopic (exact) mass is 463 g/mol. The van der Waals surface area contributed by atoms with E-state index in [1.54, 1.807) is 16.7 Å². The highest BCUT2D eigenvalue weighted by Crippen LogP contribution is 2.29. The molecule has 0 saturated heterocycles. The quantitative estimate of drug-likeness (QED) is 0.248. The summed E-state index contributed by atoms with van der Waals surface area (Å²) in [7, 11) is 0. The second-order valence-corrected chi connectivity index (χ2v) is 8.31. The number of aromatic amines is 1. The molecule has 2 aromatic heterocycles. The normalized spacial score (nSPS) is 11.3. The van der Waals surface area contributed by atoms with Crippen molar-refractivity contribution in [2.75, 3.05) is 0 Å². The zero-order chi connectivity index (χ0) is 20.5. The molecule has 2 heterocycles. The van der Waals surface area contributed by atoms with Crippen LogP contribution in [-0.4, -0.2) is 24.3 Å². The summed E-state index contributed by atoms with van der Waals surface area (Å²) in [5.41, 5.74) is 0.896. The molecule has 2 aromatic carbocycles. The van der Waals surface area contributed by atoms with Crippen LogP contribution in [0.25, 0.3) is 16.6 Å². The maximum atomic E-state index is 13.3. The summed E-state index contributed by atoms with van der Waals surface area (Å²) in [5.74, 6) is 1.26. The Balaban J connectivity index is 1.89. The molecule has 29 heavy (non-hydrogen) atoms. The Labute approximate surface area is 185 Å². The maximum absolute atomic E-state index is 13.3. The molecule has 0 fully saturated rings. The fourth-order valence-electron chi connectivity index (χ4n) is 3.01. The Bertz CT molecular complexity index is 1310. The molecule has 0 unspecified atom stereocenters. The van der Waals surface area contributed by atoms with Crippen LogP contribution in [0.4, 0.5) is 0 Å². The van der Waals surface area contributed by atoms with E-state index in [0.717, 1.165) is 5.82 Å². The van der Waals surface area contributed by atoms with Gasteiger partial charge in [-0.3, -0.25) is 14.5 Å². The maximum Gasteiger partial charge on any atom is 0.266 e. The molecule has 0 saturated carbocycles. The summed E-state index contributed by atoms with van der Waals surface area (Å²) in [6.07, 6.45) is 0. The van der Waals surface area contributed by atoms with E-state index in [9.17, 15) is 4.79 Å². The molecule has 0 spiro atoms. The Morgan fingerprint density at radius 3 is 2.69 bits per heavy atom. The summed E-state index contributed by atoms with van der Waals surface area (Å²) < 4.78 is 4.03. The minimum Gasteiger partial charge on any atom is -0.304 e. The van der Waals surface area contributed by atoms with Crippen LogP contribution in [0.5, 0.6) is 0 Å². The molecule has 4 rings (SSSR count). The van der Waals surface area contributed by atoms with E-state index in [2.05, 4.69) is 10.2 Å². The Kier molecular flexibility index (Phi) is 5.78. The average Bonchev–Trinajstić information content (AvgIpc) is 3.07. The molecule has 10 heteroatoms. The summed E-state index contributed by atoms with van der Waals surface area (Å²) in [6.45, 7) is 2.70. The second kappa shape index (κ2) is 8.31. The Morgan fingerprint density at radius 2 is 1.97 bits per heavy atom. The highest BCUT2D eigenvalue weighted by molar-refractivity contribution is 7.98. The van der Waals surface area contributed by atoms with Crippen molar-refractivity contribution < 1.29 is 0 Å². The largest absolute Gasteiger partial charge is 0.304 e. The van der Waals surface area contributed by atoms with E-state index in [1.165, 1.54) is 11.8 Å². The van der Waals surface area contributed by atoms with Gasteiger partial charge in [-0.2, -0.15) is 5.10 Å². The highest BCUT2D eigenvalue weighted by Gasteiger charge is 2.17. The number of benzene rings is 2. The molecule has 1 N–H and O–H groups in total. The van der Waals surface area contributed by atoms with Crippen LogP contribution in [0.3, 0.4) is 0 Å². The van der Waals surface area contributed by atoms with Crippen LogP contribution < -0.4 is 5.56 Å². The SMILES string of the molecule is CCn1c(CSc2nc3c(Cl)cc(Cl)cc3c(=O)n2-c2ccccc2)n[nH]c1=S. The number of nitrogens with one attached hydrogen (secondary N) is 1. The van der Waals surface area contributed by atoms with Crippen LogP contribution in [0, 0.1) is 4.77 Å². The van der Waals surface area contributed by atoms with Crippen molar-refractivity contribution in [3.8, 4) is 5.69 Å². The molecule has 0 bridgehead atoms. The summed E-state index contributed by atoms with van der Waals surface area (Å²) in [6, 6.07) is 12.5. The van der Waals surface area contributed by atoms with Crippen molar-refractivity contribution >= 4 is 58.1 Å². The van der Waals surface area contributed by atoms with Gasteiger partial charge in [0.2, 0.25) is 0 Å². The molecule has 6 nitrogen and oxygen atoms in total. The number of nitrogens with zero attached hydrogens (tertiary/aromatic N) is 4. The first-order chi connectivity index (χ1) is 14.0. The van der Waals surface area contributed by atoms with Gasteiger partial charge >= 0.3 is 0 Å². The molecule has 0 amide bonds. The number of hydrogen-bond acceptors (Lipinski definition) is 5. The third-order valence-corrected chi connectivity index (χ3v) is 6.11. The lowest BCUT2D eigenvalue weighted by Gasteiger charge is -2.14. The molecule has 0 aliphatic heterocycles. The third-order valence-electron chi connectivity index (χ3n) is 4.36. The van der Waals surface area contributed by atoms with Crippen molar-refractivity contribution in [3.63, 3.8) is 0 Å². The van der Waals surface area contributed by atoms with Crippen molar-refractivity contribution in [3.05, 3.63) is 73.5 Å². The standard InChI is InChI=1S/C19H15Cl2N5OS2/c1-2-25-15(23-24-18(25)28)10-29-19-22-16-13(8-11(20)9-14(16)21)17(27)26(19)12-6-4-3-5-7-12/h3-9H,2,10H2,1H3,(H,24,28). The Hall–Kier alpha value is -2.13. The molecule has 4 aromatic rings.